The van der Waals surface area contributed by atoms with E-state index in [9.17, 15) is 5.26 Å². The second-order valence-corrected chi connectivity index (χ2v) is 12.9. The van der Waals surface area contributed by atoms with Crippen LogP contribution in [0.5, 0.6) is 0 Å². The number of nitrogens with zero attached hydrogens (tertiary/aromatic N) is 1. The number of hydrogen-bond acceptors (Lipinski definition) is 2. The second-order valence-electron chi connectivity index (χ2n) is 7.16. The number of nitriles is 1. The predicted molar refractivity (Wildman–Crippen MR) is 101 cm³/mol. The molecular weight excluding hydrogens is 322 g/mol. The molecule has 0 aromatic heterocycles. The van der Waals surface area contributed by atoms with Gasteiger partial charge in [-0.1, -0.05) is 71.9 Å². The molecule has 0 amide bonds. The van der Waals surface area contributed by atoms with Crippen LogP contribution in [0, 0.1) is 17.2 Å². The molecule has 2 atom stereocenters. The maximum atomic E-state index is 9.57. The van der Waals surface area contributed by atoms with Crippen molar-refractivity contribution >= 4 is 19.9 Å². The fourth-order valence-electron chi connectivity index (χ4n) is 3.84. The number of benzene rings is 1. The van der Waals surface area contributed by atoms with Crippen LogP contribution in [0.2, 0.25) is 16.6 Å². The third kappa shape index (κ3) is 4.38. The summed E-state index contributed by atoms with van der Waals surface area (Å²) >= 11 is 6.09. The molecule has 0 saturated heterocycles. The minimum Gasteiger partial charge on any atom is -0.408 e. The molecule has 1 aromatic carbocycles. The van der Waals surface area contributed by atoms with Crippen LogP contribution in [0.1, 0.15) is 53.2 Å². The Labute approximate surface area is 147 Å². The predicted octanol–water partition coefficient (Wildman–Crippen LogP) is 6.30. The summed E-state index contributed by atoms with van der Waals surface area (Å²) in [5.41, 5.74) is 2.48. The van der Waals surface area contributed by atoms with Crippen molar-refractivity contribution in [3.63, 3.8) is 0 Å². The first-order chi connectivity index (χ1) is 10.8. The molecule has 2 unspecified atom stereocenters. The number of alkyl halides is 1. The molecule has 1 rings (SSSR count). The summed E-state index contributed by atoms with van der Waals surface area (Å²) in [7, 11) is -2.08. The Morgan fingerprint density at radius 3 is 1.83 bits per heavy atom. The van der Waals surface area contributed by atoms with Gasteiger partial charge < -0.3 is 4.43 Å². The molecule has 0 saturated carbocycles. The van der Waals surface area contributed by atoms with Gasteiger partial charge in [0, 0.05) is 5.88 Å². The van der Waals surface area contributed by atoms with Crippen LogP contribution >= 0.6 is 11.6 Å². The van der Waals surface area contributed by atoms with E-state index in [4.69, 9.17) is 16.0 Å². The molecule has 0 aliphatic rings. The maximum Gasteiger partial charge on any atom is 0.201 e. The highest BCUT2D eigenvalue weighted by Gasteiger charge is 2.47. The summed E-state index contributed by atoms with van der Waals surface area (Å²) in [4.78, 5) is 0. The van der Waals surface area contributed by atoms with Crippen LogP contribution < -0.4 is 0 Å². The molecule has 128 valence electrons. The molecule has 0 aliphatic carbocycles. The Morgan fingerprint density at radius 2 is 1.48 bits per heavy atom. The van der Waals surface area contributed by atoms with Crippen molar-refractivity contribution in [3.8, 4) is 6.07 Å². The van der Waals surface area contributed by atoms with Crippen molar-refractivity contribution in [2.45, 2.75) is 64.3 Å². The van der Waals surface area contributed by atoms with E-state index in [1.54, 1.807) is 0 Å². The van der Waals surface area contributed by atoms with E-state index >= 15 is 0 Å². The molecule has 0 fully saturated rings. The normalized spacial score (nSPS) is 15.0. The number of halogens is 1. The van der Waals surface area contributed by atoms with Crippen molar-refractivity contribution in [3.05, 3.63) is 35.9 Å². The fraction of sp³-hybridized carbons (Fsp3) is 0.632. The summed E-state index contributed by atoms with van der Waals surface area (Å²) in [5, 5.41) is 9.57. The molecule has 2 nitrogen and oxygen atoms in total. The lowest BCUT2D eigenvalue weighted by Gasteiger charge is -2.45. The third-order valence-corrected chi connectivity index (χ3v) is 11.3. The Balaban J connectivity index is 3.34. The Hall–Kier alpha value is -0.823. The van der Waals surface area contributed by atoms with Gasteiger partial charge in [0.2, 0.25) is 8.32 Å². The van der Waals surface area contributed by atoms with Gasteiger partial charge in [-0.15, -0.1) is 11.6 Å². The smallest absolute Gasteiger partial charge is 0.201 e. The quantitative estimate of drug-likeness (QED) is 0.406. The molecule has 0 heterocycles. The minimum atomic E-state index is -2.08. The van der Waals surface area contributed by atoms with E-state index < -0.39 is 8.32 Å². The zero-order valence-corrected chi connectivity index (χ0v) is 17.0. The molecule has 23 heavy (non-hydrogen) atoms. The topological polar surface area (TPSA) is 33.0 Å². The largest absolute Gasteiger partial charge is 0.408 e. The van der Waals surface area contributed by atoms with E-state index in [1.165, 1.54) is 0 Å². The van der Waals surface area contributed by atoms with Crippen molar-refractivity contribution in [2.24, 2.45) is 5.92 Å². The van der Waals surface area contributed by atoms with Crippen molar-refractivity contribution in [1.29, 1.82) is 5.26 Å². The van der Waals surface area contributed by atoms with Crippen molar-refractivity contribution in [1.82, 2.24) is 0 Å². The molecule has 0 radical (unpaired) electrons. The summed E-state index contributed by atoms with van der Waals surface area (Å²) in [6.07, 6.45) is -0.252. The molecule has 4 heteroatoms. The van der Waals surface area contributed by atoms with E-state index in [1.807, 2.05) is 30.3 Å². The highest BCUT2D eigenvalue weighted by molar-refractivity contribution is 6.77. The van der Waals surface area contributed by atoms with Gasteiger partial charge in [0.25, 0.3) is 0 Å². The Morgan fingerprint density at radius 1 is 1.00 bits per heavy atom. The van der Waals surface area contributed by atoms with E-state index in [2.05, 4.69) is 47.6 Å². The first kappa shape index (κ1) is 20.2. The Bertz CT molecular complexity index is 488. The fourth-order valence-corrected chi connectivity index (χ4v) is 9.62. The lowest BCUT2D eigenvalue weighted by atomic mass is 9.99. The minimum absolute atomic E-state index is 0.252. The first-order valence-electron chi connectivity index (χ1n) is 8.49. The van der Waals surface area contributed by atoms with Gasteiger partial charge in [0.05, 0.1) is 18.1 Å². The summed E-state index contributed by atoms with van der Waals surface area (Å²) in [6, 6.07) is 12.4. The summed E-state index contributed by atoms with van der Waals surface area (Å²) < 4.78 is 6.88. The lowest BCUT2D eigenvalue weighted by Crippen LogP contribution is -2.49. The first-order valence-corrected chi connectivity index (χ1v) is 11.2. The maximum absolute atomic E-state index is 9.57. The number of rotatable bonds is 8. The van der Waals surface area contributed by atoms with Crippen LogP contribution in [-0.2, 0) is 4.43 Å². The van der Waals surface area contributed by atoms with Crippen molar-refractivity contribution in [2.75, 3.05) is 5.88 Å². The monoisotopic (exact) mass is 351 g/mol. The van der Waals surface area contributed by atoms with Gasteiger partial charge in [-0.05, 0) is 22.2 Å². The summed E-state index contributed by atoms with van der Waals surface area (Å²) in [6.45, 7) is 13.6. The van der Waals surface area contributed by atoms with E-state index in [-0.39, 0.29) is 17.9 Å². The van der Waals surface area contributed by atoms with Crippen molar-refractivity contribution < 1.29 is 4.43 Å². The lowest BCUT2D eigenvalue weighted by molar-refractivity contribution is 0.145. The zero-order chi connectivity index (χ0) is 17.6. The van der Waals surface area contributed by atoms with Crippen LogP contribution in [0.3, 0.4) is 0 Å². The molecule has 0 aliphatic heterocycles. The van der Waals surface area contributed by atoms with Gasteiger partial charge in [0.1, 0.15) is 0 Å². The highest BCUT2D eigenvalue weighted by Crippen LogP contribution is 2.46. The standard InChI is InChI=1S/C19H30ClNOSi/c1-14(2)23(15(3)4,16(5)6)22-19(18(12-20)13-21)17-10-8-7-9-11-17/h7-11,14-16,18-19H,12H2,1-6H3. The average molecular weight is 352 g/mol. The molecule has 0 spiro atoms. The Kier molecular flexibility index (Phi) is 7.80. The van der Waals surface area contributed by atoms with Crippen LogP contribution in [-0.4, -0.2) is 14.2 Å². The van der Waals surface area contributed by atoms with E-state index in [0.29, 0.717) is 16.6 Å². The van der Waals surface area contributed by atoms with Gasteiger partial charge in [-0.25, -0.2) is 0 Å². The average Bonchev–Trinajstić information content (AvgIpc) is 2.51. The third-order valence-electron chi connectivity index (χ3n) is 4.86. The highest BCUT2D eigenvalue weighted by atomic mass is 35.5. The molecule has 1 aromatic rings. The SMILES string of the molecule is CC(C)[Si](OC(c1ccccc1)C(C#N)CCl)(C(C)C)C(C)C. The summed E-state index contributed by atoms with van der Waals surface area (Å²) in [5.74, 6) is -0.0448. The number of hydrogen-bond donors (Lipinski definition) is 0. The van der Waals surface area contributed by atoms with Gasteiger partial charge in [0.15, 0.2) is 0 Å². The van der Waals surface area contributed by atoms with Gasteiger partial charge in [-0.3, -0.25) is 0 Å². The molecule has 0 N–H and O–H groups in total. The molecule has 0 bridgehead atoms. The van der Waals surface area contributed by atoms with E-state index in [0.717, 1.165) is 5.56 Å². The van der Waals surface area contributed by atoms with Crippen LogP contribution in [0.25, 0.3) is 0 Å². The van der Waals surface area contributed by atoms with Crippen LogP contribution in [0.4, 0.5) is 0 Å². The van der Waals surface area contributed by atoms with Gasteiger partial charge in [-0.2, -0.15) is 5.26 Å². The van der Waals surface area contributed by atoms with Gasteiger partial charge >= 0.3 is 0 Å². The van der Waals surface area contributed by atoms with Crippen LogP contribution in [0.15, 0.2) is 30.3 Å². The second kappa shape index (κ2) is 8.87. The zero-order valence-electron chi connectivity index (χ0n) is 15.2. The molecular formula is C19H30ClNOSi.